The zero-order valence-electron chi connectivity index (χ0n) is 12.0. The molecule has 0 saturated carbocycles. The summed E-state index contributed by atoms with van der Waals surface area (Å²) in [5.74, 6) is -0.0355. The van der Waals surface area contributed by atoms with E-state index in [2.05, 4.69) is 20.0 Å². The van der Waals surface area contributed by atoms with Crippen molar-refractivity contribution in [2.45, 2.75) is 25.3 Å². The number of rotatable bonds is 6. The highest BCUT2D eigenvalue weighted by molar-refractivity contribution is 7.52. The van der Waals surface area contributed by atoms with Gasteiger partial charge in [0.15, 0.2) is 12.1 Å². The Morgan fingerprint density at radius 2 is 2.27 bits per heavy atom. The highest BCUT2D eigenvalue weighted by Gasteiger charge is 2.35. The maximum atomic E-state index is 11.7. The fraction of sp³-hybridized carbons (Fsp3) is 0.600. The second-order valence-corrected chi connectivity index (χ2v) is 6.35. The number of nitrogens with two attached hydrogens (primary N) is 1. The lowest BCUT2D eigenvalue weighted by molar-refractivity contribution is -0.108. The Morgan fingerprint density at radius 1 is 1.59 bits per heavy atom. The summed E-state index contributed by atoms with van der Waals surface area (Å²) in [4.78, 5) is 38.2. The summed E-state index contributed by atoms with van der Waals surface area (Å²) in [6.07, 6.45) is -0.123. The fourth-order valence-corrected chi connectivity index (χ4v) is 2.72. The minimum atomic E-state index is -4.55. The van der Waals surface area contributed by atoms with Gasteiger partial charge in [-0.25, -0.2) is 4.98 Å². The average molecular weight is 335 g/mol. The van der Waals surface area contributed by atoms with E-state index in [0.717, 1.165) is 7.11 Å². The Kier molecular flexibility index (Phi) is 4.85. The molecule has 0 bridgehead atoms. The first kappa shape index (κ1) is 16.9. The number of fused-ring (bicyclic) bond motifs is 1. The van der Waals surface area contributed by atoms with Gasteiger partial charge >= 0.3 is 7.60 Å². The molecule has 1 aliphatic heterocycles. The van der Waals surface area contributed by atoms with Crippen LogP contribution in [-0.4, -0.2) is 57.7 Å². The summed E-state index contributed by atoms with van der Waals surface area (Å²) < 4.78 is 21.0. The molecule has 0 radical (unpaired) electrons. The molecule has 12 heteroatoms. The predicted octanol–water partition coefficient (Wildman–Crippen LogP) is -1.29. The minimum absolute atomic E-state index is 0.138. The van der Waals surface area contributed by atoms with Gasteiger partial charge in [-0.15, -0.1) is 0 Å². The van der Waals surface area contributed by atoms with Gasteiger partial charge in [-0.2, -0.15) is 0 Å². The van der Waals surface area contributed by atoms with Gasteiger partial charge < -0.3 is 34.5 Å². The number of nitrogens with one attached hydrogen (secondary N) is 2. The highest BCUT2D eigenvalue weighted by Crippen LogP contribution is 2.42. The summed E-state index contributed by atoms with van der Waals surface area (Å²) in [7, 11) is -3.41. The number of methoxy groups -OCH3 is 1. The topological polar surface area (TPSA) is 163 Å². The number of ether oxygens (including phenoxy) is 2. The Labute approximate surface area is 125 Å². The van der Waals surface area contributed by atoms with Gasteiger partial charge in [-0.3, -0.25) is 15.1 Å². The Morgan fingerprint density at radius 3 is 2.86 bits per heavy atom. The number of amides is 1. The molecule has 11 nitrogen and oxygen atoms in total. The lowest BCUT2D eigenvalue weighted by Crippen LogP contribution is -2.59. The predicted molar refractivity (Wildman–Crippen MR) is 74.8 cm³/mol. The first-order chi connectivity index (χ1) is 10.2. The zero-order chi connectivity index (χ0) is 16.5. The molecule has 0 aliphatic carbocycles. The lowest BCUT2D eigenvalue weighted by Gasteiger charge is -2.35. The van der Waals surface area contributed by atoms with Crippen molar-refractivity contribution in [2.75, 3.05) is 18.6 Å². The van der Waals surface area contributed by atoms with Crippen LogP contribution in [0, 0.1) is 0 Å². The summed E-state index contributed by atoms with van der Waals surface area (Å²) in [6, 6.07) is -1.67. The van der Waals surface area contributed by atoms with Crippen LogP contribution in [-0.2, 0) is 14.0 Å². The third kappa shape index (κ3) is 3.46. The third-order valence-electron chi connectivity index (χ3n) is 3.01. The van der Waals surface area contributed by atoms with Crippen LogP contribution in [0.25, 0.3) is 0 Å². The van der Waals surface area contributed by atoms with Crippen LogP contribution in [0.1, 0.15) is 17.4 Å². The monoisotopic (exact) mass is 335 g/mol. The molecule has 1 aromatic rings. The summed E-state index contributed by atoms with van der Waals surface area (Å²) in [5.41, 5.74) is 6.10. The number of nitrogens with zero attached hydrogens (tertiary/aromatic N) is 2. The van der Waals surface area contributed by atoms with E-state index in [4.69, 9.17) is 20.3 Å². The van der Waals surface area contributed by atoms with Gasteiger partial charge in [-0.05, 0) is 6.92 Å². The van der Waals surface area contributed by atoms with Crippen LogP contribution >= 0.6 is 7.60 Å². The SMILES string of the molecule is CO[C@@H](OC(C)CN1c2nc[nH]c2C(=O)NC1N)P(=O)(O)O. The summed E-state index contributed by atoms with van der Waals surface area (Å²) in [6.45, 7) is 1.73. The molecular weight excluding hydrogens is 317 g/mol. The van der Waals surface area contributed by atoms with E-state index in [1.54, 1.807) is 11.8 Å². The van der Waals surface area contributed by atoms with E-state index in [0.29, 0.717) is 5.82 Å². The third-order valence-corrected chi connectivity index (χ3v) is 3.89. The largest absolute Gasteiger partial charge is 0.381 e. The molecule has 0 saturated heterocycles. The van der Waals surface area contributed by atoms with Gasteiger partial charge in [0.05, 0.1) is 12.4 Å². The van der Waals surface area contributed by atoms with Gasteiger partial charge in [0.2, 0.25) is 0 Å². The first-order valence-electron chi connectivity index (χ1n) is 6.34. The number of hydrogen-bond acceptors (Lipinski definition) is 7. The fourth-order valence-electron chi connectivity index (χ4n) is 2.08. The van der Waals surface area contributed by atoms with Crippen LogP contribution in [0.2, 0.25) is 0 Å². The van der Waals surface area contributed by atoms with Crippen LogP contribution in [0.15, 0.2) is 6.33 Å². The Bertz CT molecular complexity index is 588. The molecule has 0 fully saturated rings. The van der Waals surface area contributed by atoms with E-state index in [1.807, 2.05) is 0 Å². The van der Waals surface area contributed by atoms with Crippen LogP contribution in [0.3, 0.4) is 0 Å². The number of aromatic nitrogens is 2. The normalized spacial score (nSPS) is 21.2. The number of H-pyrrole nitrogens is 1. The standard InChI is InChI=1S/C10H18N5O6P/c1-5(21-10(20-2)22(17,18)19)3-15-7-6(12-4-13-7)8(16)14-9(15)11/h4-5,9-10H,3,11H2,1-2H3,(H,12,13)(H,14,16)(H2,17,18,19)/t5?,9?,10-/m0/s1. The molecule has 2 heterocycles. The van der Waals surface area contributed by atoms with Crippen molar-refractivity contribution < 1.29 is 28.6 Å². The molecule has 124 valence electrons. The molecule has 2 rings (SSSR count). The minimum Gasteiger partial charge on any atom is -0.346 e. The number of aromatic amines is 1. The number of imidazole rings is 1. The average Bonchev–Trinajstić information content (AvgIpc) is 2.89. The van der Waals surface area contributed by atoms with E-state index in [9.17, 15) is 9.36 Å². The molecule has 2 unspecified atom stereocenters. The van der Waals surface area contributed by atoms with Crippen LogP contribution in [0.4, 0.5) is 5.82 Å². The molecule has 1 amide bonds. The van der Waals surface area contributed by atoms with Crippen molar-refractivity contribution in [3.63, 3.8) is 0 Å². The van der Waals surface area contributed by atoms with Gasteiger partial charge in [-0.1, -0.05) is 0 Å². The second kappa shape index (κ2) is 6.32. The summed E-state index contributed by atoms with van der Waals surface area (Å²) >= 11 is 0. The van der Waals surface area contributed by atoms with Crippen LogP contribution < -0.4 is 16.0 Å². The molecule has 1 aromatic heterocycles. The first-order valence-corrected chi connectivity index (χ1v) is 8.02. The number of carbonyl (C=O) groups excluding carboxylic acids is 1. The number of anilines is 1. The highest BCUT2D eigenvalue weighted by atomic mass is 31.2. The maximum absolute atomic E-state index is 11.7. The zero-order valence-corrected chi connectivity index (χ0v) is 12.9. The molecule has 1 aliphatic rings. The molecule has 0 aromatic carbocycles. The van der Waals surface area contributed by atoms with E-state index < -0.39 is 26.0 Å². The molecule has 22 heavy (non-hydrogen) atoms. The Balaban J connectivity index is 2.09. The smallest absolute Gasteiger partial charge is 0.346 e. The van der Waals surface area contributed by atoms with Crippen molar-refractivity contribution in [1.29, 1.82) is 0 Å². The number of carbonyl (C=O) groups is 1. The second-order valence-electron chi connectivity index (χ2n) is 4.75. The quantitative estimate of drug-likeness (QED) is 0.314. The molecule has 3 atom stereocenters. The van der Waals surface area contributed by atoms with E-state index in [-0.39, 0.29) is 18.1 Å². The summed E-state index contributed by atoms with van der Waals surface area (Å²) in [5, 5.41) is 2.53. The van der Waals surface area contributed by atoms with Crippen molar-refractivity contribution in [2.24, 2.45) is 5.73 Å². The molecular formula is C10H18N5O6P. The van der Waals surface area contributed by atoms with Crippen LogP contribution in [0.5, 0.6) is 0 Å². The van der Waals surface area contributed by atoms with E-state index >= 15 is 0 Å². The Hall–Kier alpha value is -1.49. The van der Waals surface area contributed by atoms with E-state index in [1.165, 1.54) is 6.33 Å². The maximum Gasteiger partial charge on any atom is 0.381 e. The number of hydrogen-bond donors (Lipinski definition) is 5. The van der Waals surface area contributed by atoms with Crippen molar-refractivity contribution in [1.82, 2.24) is 15.3 Å². The van der Waals surface area contributed by atoms with Crippen molar-refractivity contribution in [3.8, 4) is 0 Å². The molecule has 6 N–H and O–H groups in total. The van der Waals surface area contributed by atoms with Crippen molar-refractivity contribution in [3.05, 3.63) is 12.0 Å². The van der Waals surface area contributed by atoms with Gasteiger partial charge in [0.25, 0.3) is 11.9 Å². The lowest BCUT2D eigenvalue weighted by atomic mass is 10.2. The molecule has 0 spiro atoms. The van der Waals surface area contributed by atoms with Gasteiger partial charge in [0, 0.05) is 13.7 Å². The van der Waals surface area contributed by atoms with Crippen molar-refractivity contribution >= 4 is 19.3 Å². The van der Waals surface area contributed by atoms with Gasteiger partial charge in [0.1, 0.15) is 5.69 Å².